The van der Waals surface area contributed by atoms with Crippen LogP contribution in [0.4, 0.5) is 24.5 Å². The molecule has 0 saturated heterocycles. The third-order valence-electron chi connectivity index (χ3n) is 5.21. The Morgan fingerprint density at radius 2 is 1.94 bits per heavy atom. The highest BCUT2D eigenvalue weighted by Gasteiger charge is 2.31. The molecule has 1 aromatic heterocycles. The number of halogens is 3. The third kappa shape index (κ3) is 5.64. The normalized spacial score (nSPS) is 16.9. The summed E-state index contributed by atoms with van der Waals surface area (Å²) in [5.74, 6) is -0.333. The van der Waals surface area contributed by atoms with E-state index in [1.165, 1.54) is 12.3 Å². The molecule has 170 valence electrons. The lowest BCUT2D eigenvalue weighted by Crippen LogP contribution is -2.32. The number of carbonyl (C=O) groups is 1. The van der Waals surface area contributed by atoms with Gasteiger partial charge in [0.1, 0.15) is 0 Å². The summed E-state index contributed by atoms with van der Waals surface area (Å²) < 4.78 is 38.8. The van der Waals surface area contributed by atoms with Crippen LogP contribution in [-0.2, 0) is 6.18 Å². The number of rotatable bonds is 5. The standard InChI is InChI=1S/C24H22F3N4OP/c1-14-8-17(12-28-11-14)23(32)31-19-5-3-4-16(9-19)15(2)30-22-13-29-20-10-18(24(25,26)27)6-7-21(20)33-22/h3-13,15,22,30,33H,1-2H3,(H,31,32). The number of aryl methyl sites for hydroxylation is 1. The number of nitrogens with zero attached hydrogens (tertiary/aromatic N) is 2. The van der Waals surface area contributed by atoms with Gasteiger partial charge in [0.05, 0.1) is 22.6 Å². The predicted molar refractivity (Wildman–Crippen MR) is 126 cm³/mol. The lowest BCUT2D eigenvalue weighted by molar-refractivity contribution is -0.137. The first-order chi connectivity index (χ1) is 15.7. The predicted octanol–water partition coefficient (Wildman–Crippen LogP) is 5.36. The van der Waals surface area contributed by atoms with Gasteiger partial charge in [0.15, 0.2) is 0 Å². The second-order valence-electron chi connectivity index (χ2n) is 7.85. The number of hydrogen-bond acceptors (Lipinski definition) is 4. The van der Waals surface area contributed by atoms with Crippen LogP contribution in [0.25, 0.3) is 0 Å². The number of benzene rings is 2. The van der Waals surface area contributed by atoms with Crippen molar-refractivity contribution in [2.24, 2.45) is 4.99 Å². The maximum Gasteiger partial charge on any atom is 0.416 e. The lowest BCUT2D eigenvalue weighted by Gasteiger charge is -2.25. The summed E-state index contributed by atoms with van der Waals surface area (Å²) in [6.07, 6.45) is 0.490. The Hall–Kier alpha value is -3.09. The van der Waals surface area contributed by atoms with Crippen molar-refractivity contribution in [3.05, 3.63) is 83.2 Å². The van der Waals surface area contributed by atoms with E-state index in [0.717, 1.165) is 28.6 Å². The molecule has 1 amide bonds. The average molecular weight is 470 g/mol. The van der Waals surface area contributed by atoms with Crippen LogP contribution in [0, 0.1) is 6.92 Å². The van der Waals surface area contributed by atoms with Gasteiger partial charge in [-0.1, -0.05) is 26.8 Å². The monoisotopic (exact) mass is 470 g/mol. The van der Waals surface area contributed by atoms with Crippen molar-refractivity contribution in [2.75, 3.05) is 5.32 Å². The minimum atomic E-state index is -4.38. The molecule has 1 aliphatic rings. The van der Waals surface area contributed by atoms with E-state index in [1.54, 1.807) is 18.5 Å². The molecule has 1 aliphatic heterocycles. The van der Waals surface area contributed by atoms with Gasteiger partial charge in [0, 0.05) is 35.6 Å². The summed E-state index contributed by atoms with van der Waals surface area (Å²) in [6.45, 7) is 3.87. The molecule has 0 bridgehead atoms. The number of aromatic nitrogens is 1. The zero-order chi connectivity index (χ0) is 23.6. The minimum Gasteiger partial charge on any atom is -0.322 e. The van der Waals surface area contributed by atoms with Crippen LogP contribution in [0.1, 0.15) is 40.0 Å². The molecule has 4 rings (SSSR count). The molecule has 0 fully saturated rings. The van der Waals surface area contributed by atoms with Gasteiger partial charge in [-0.05, 0) is 55.3 Å². The van der Waals surface area contributed by atoms with Crippen LogP contribution in [-0.4, -0.2) is 22.9 Å². The van der Waals surface area contributed by atoms with Gasteiger partial charge in [-0.25, -0.2) is 0 Å². The van der Waals surface area contributed by atoms with Crippen molar-refractivity contribution in [3.8, 4) is 0 Å². The molecule has 3 unspecified atom stereocenters. The fourth-order valence-electron chi connectivity index (χ4n) is 3.51. The second kappa shape index (κ2) is 9.41. The zero-order valence-electron chi connectivity index (χ0n) is 17.9. The van der Waals surface area contributed by atoms with E-state index in [4.69, 9.17) is 0 Å². The van der Waals surface area contributed by atoms with Gasteiger partial charge in [0.2, 0.25) is 0 Å². The molecule has 2 heterocycles. The molecule has 0 radical (unpaired) electrons. The Labute approximate surface area is 191 Å². The summed E-state index contributed by atoms with van der Waals surface area (Å²) >= 11 is 0. The van der Waals surface area contributed by atoms with Crippen LogP contribution in [0.5, 0.6) is 0 Å². The molecule has 5 nitrogen and oxygen atoms in total. The zero-order valence-corrected chi connectivity index (χ0v) is 18.9. The number of amides is 1. The minimum absolute atomic E-state index is 0.0672. The number of hydrogen-bond donors (Lipinski definition) is 2. The molecule has 3 atom stereocenters. The van der Waals surface area contributed by atoms with Crippen LogP contribution >= 0.6 is 8.58 Å². The molecule has 2 aromatic carbocycles. The largest absolute Gasteiger partial charge is 0.416 e. The molecule has 2 N–H and O–H groups in total. The first-order valence-electron chi connectivity index (χ1n) is 10.3. The van der Waals surface area contributed by atoms with Crippen LogP contribution in [0.2, 0.25) is 0 Å². The fraction of sp³-hybridized carbons (Fsp3) is 0.208. The summed E-state index contributed by atoms with van der Waals surface area (Å²) in [5, 5.41) is 7.14. The van der Waals surface area contributed by atoms with Crippen molar-refractivity contribution >= 4 is 37.4 Å². The van der Waals surface area contributed by atoms with Gasteiger partial charge < -0.3 is 5.32 Å². The maximum atomic E-state index is 12.9. The van der Waals surface area contributed by atoms with Crippen molar-refractivity contribution in [3.63, 3.8) is 0 Å². The lowest BCUT2D eigenvalue weighted by atomic mass is 10.1. The van der Waals surface area contributed by atoms with Crippen LogP contribution in [0.3, 0.4) is 0 Å². The van der Waals surface area contributed by atoms with Crippen molar-refractivity contribution in [2.45, 2.75) is 31.8 Å². The first-order valence-corrected chi connectivity index (χ1v) is 11.4. The molecular formula is C24H22F3N4OP. The van der Waals surface area contributed by atoms with Gasteiger partial charge in [-0.2, -0.15) is 13.2 Å². The van der Waals surface area contributed by atoms with E-state index in [1.807, 2.05) is 38.1 Å². The van der Waals surface area contributed by atoms with E-state index >= 15 is 0 Å². The third-order valence-corrected chi connectivity index (χ3v) is 6.57. The Morgan fingerprint density at radius 1 is 1.12 bits per heavy atom. The van der Waals surface area contributed by atoms with Gasteiger partial charge in [-0.3, -0.25) is 20.1 Å². The SMILES string of the molecule is Cc1cncc(C(=O)Nc2cccc(C(C)NC3C=Nc4cc(C(F)(F)F)ccc4P3)c2)c1. The molecule has 3 aromatic rings. The van der Waals surface area contributed by atoms with E-state index in [0.29, 0.717) is 16.9 Å². The number of nitrogens with one attached hydrogen (secondary N) is 2. The highest BCUT2D eigenvalue weighted by atomic mass is 31.1. The summed E-state index contributed by atoms with van der Waals surface area (Å²) in [6, 6.07) is 12.9. The molecule has 0 saturated carbocycles. The maximum absolute atomic E-state index is 12.9. The number of fused-ring (bicyclic) bond motifs is 1. The molecular weight excluding hydrogens is 448 g/mol. The van der Waals surface area contributed by atoms with E-state index in [-0.39, 0.29) is 26.3 Å². The van der Waals surface area contributed by atoms with E-state index in [2.05, 4.69) is 20.6 Å². The summed E-state index contributed by atoms with van der Waals surface area (Å²) in [5.41, 5.74) is 2.69. The van der Waals surface area contributed by atoms with Crippen molar-refractivity contribution in [1.82, 2.24) is 10.3 Å². The first kappa shape index (κ1) is 23.1. The average Bonchev–Trinajstić information content (AvgIpc) is 2.78. The van der Waals surface area contributed by atoms with Crippen LogP contribution in [0.15, 0.2) is 65.9 Å². The number of alkyl halides is 3. The van der Waals surface area contributed by atoms with E-state index < -0.39 is 11.7 Å². The highest BCUT2D eigenvalue weighted by Crippen LogP contribution is 2.35. The summed E-state index contributed by atoms with van der Waals surface area (Å²) in [4.78, 5) is 20.8. The Balaban J connectivity index is 1.42. The quantitative estimate of drug-likeness (QED) is 0.494. The second-order valence-corrected chi connectivity index (χ2v) is 9.30. The molecule has 33 heavy (non-hydrogen) atoms. The van der Waals surface area contributed by atoms with Crippen molar-refractivity contribution < 1.29 is 18.0 Å². The molecule has 0 spiro atoms. The number of pyridine rings is 1. The number of aliphatic imine (C=N–C) groups is 1. The fourth-order valence-corrected chi connectivity index (χ4v) is 4.80. The highest BCUT2D eigenvalue weighted by molar-refractivity contribution is 7.49. The smallest absolute Gasteiger partial charge is 0.322 e. The Morgan fingerprint density at radius 3 is 2.70 bits per heavy atom. The molecule has 9 heteroatoms. The van der Waals surface area contributed by atoms with Crippen molar-refractivity contribution in [1.29, 1.82) is 0 Å². The number of carbonyl (C=O) groups excluding carboxylic acids is 1. The Kier molecular flexibility index (Phi) is 6.58. The Bertz CT molecular complexity index is 1210. The topological polar surface area (TPSA) is 66.4 Å². The summed E-state index contributed by atoms with van der Waals surface area (Å²) in [7, 11) is 0.250. The molecule has 0 aliphatic carbocycles. The van der Waals surface area contributed by atoms with Gasteiger partial charge >= 0.3 is 6.18 Å². The van der Waals surface area contributed by atoms with Crippen LogP contribution < -0.4 is 15.9 Å². The van der Waals surface area contributed by atoms with Gasteiger partial charge in [0.25, 0.3) is 5.91 Å². The number of anilines is 1. The van der Waals surface area contributed by atoms with E-state index in [9.17, 15) is 18.0 Å². The van der Waals surface area contributed by atoms with Gasteiger partial charge in [-0.15, -0.1) is 0 Å².